The van der Waals surface area contributed by atoms with Crippen LogP contribution in [-0.2, 0) is 9.53 Å². The van der Waals surface area contributed by atoms with Crippen LogP contribution in [0.1, 0.15) is 53.4 Å². The Hall–Kier alpha value is -0.610. The summed E-state index contributed by atoms with van der Waals surface area (Å²) in [5, 5.41) is 0. The number of carbonyl (C=O) groups is 1. The molecule has 0 aromatic carbocycles. The van der Waals surface area contributed by atoms with Gasteiger partial charge in [0.1, 0.15) is 0 Å². The Bertz CT molecular complexity index is 292. The average molecular weight is 284 g/mol. The lowest BCUT2D eigenvalue weighted by atomic mass is 9.92. The monoisotopic (exact) mass is 284 g/mol. The van der Waals surface area contributed by atoms with E-state index in [1.165, 1.54) is 0 Å². The Balaban J connectivity index is 2.25. The molecule has 1 aliphatic rings. The Kier molecular flexibility index (Phi) is 7.52. The molecule has 0 aromatic rings. The van der Waals surface area contributed by atoms with Crippen molar-refractivity contribution in [2.45, 2.75) is 65.5 Å². The quantitative estimate of drug-likeness (QED) is 0.781. The maximum atomic E-state index is 12.2. The van der Waals surface area contributed by atoms with Crippen LogP contribution in [0, 0.1) is 11.8 Å². The van der Waals surface area contributed by atoms with E-state index < -0.39 is 0 Å². The Morgan fingerprint density at radius 1 is 1.35 bits per heavy atom. The van der Waals surface area contributed by atoms with E-state index in [2.05, 4.69) is 20.8 Å². The SMILES string of the molecule is CC(C)CC(C)OCCC(=O)N1CCCC(C(C)N)C1. The first-order chi connectivity index (χ1) is 9.40. The van der Waals surface area contributed by atoms with E-state index in [0.717, 1.165) is 32.4 Å². The van der Waals surface area contributed by atoms with E-state index in [4.69, 9.17) is 10.5 Å². The molecule has 1 fully saturated rings. The molecule has 1 rings (SSSR count). The zero-order valence-electron chi connectivity index (χ0n) is 13.6. The Morgan fingerprint density at radius 2 is 2.05 bits per heavy atom. The summed E-state index contributed by atoms with van der Waals surface area (Å²) in [7, 11) is 0. The summed E-state index contributed by atoms with van der Waals surface area (Å²) in [6, 6.07) is 0.174. The van der Waals surface area contributed by atoms with Crippen LogP contribution in [0.25, 0.3) is 0 Å². The normalized spacial score (nSPS) is 22.9. The zero-order chi connectivity index (χ0) is 15.1. The Labute approximate surface area is 124 Å². The largest absolute Gasteiger partial charge is 0.378 e. The van der Waals surface area contributed by atoms with Crippen molar-refractivity contribution >= 4 is 5.91 Å². The molecule has 4 heteroatoms. The van der Waals surface area contributed by atoms with Crippen LogP contribution in [0.5, 0.6) is 0 Å². The molecule has 1 saturated heterocycles. The first-order valence-corrected chi connectivity index (χ1v) is 8.05. The molecule has 4 nitrogen and oxygen atoms in total. The number of hydrogen-bond acceptors (Lipinski definition) is 3. The van der Waals surface area contributed by atoms with Crippen LogP contribution < -0.4 is 5.73 Å². The van der Waals surface area contributed by atoms with Crippen LogP contribution in [-0.4, -0.2) is 42.6 Å². The average Bonchev–Trinajstić information content (AvgIpc) is 2.37. The predicted octanol–water partition coefficient (Wildman–Crippen LogP) is 2.41. The lowest BCUT2D eigenvalue weighted by Gasteiger charge is -2.34. The van der Waals surface area contributed by atoms with E-state index in [0.29, 0.717) is 24.9 Å². The topological polar surface area (TPSA) is 55.6 Å². The molecule has 20 heavy (non-hydrogen) atoms. The molecule has 118 valence electrons. The van der Waals surface area contributed by atoms with Crippen molar-refractivity contribution in [2.75, 3.05) is 19.7 Å². The summed E-state index contributed by atoms with van der Waals surface area (Å²) in [4.78, 5) is 14.1. The van der Waals surface area contributed by atoms with Crippen LogP contribution in [0.15, 0.2) is 0 Å². The molecule has 0 saturated carbocycles. The van der Waals surface area contributed by atoms with Gasteiger partial charge in [-0.2, -0.15) is 0 Å². The molecule has 0 radical (unpaired) electrons. The van der Waals surface area contributed by atoms with Crippen LogP contribution in [0.3, 0.4) is 0 Å². The van der Waals surface area contributed by atoms with Gasteiger partial charge in [-0.25, -0.2) is 0 Å². The van der Waals surface area contributed by atoms with Gasteiger partial charge >= 0.3 is 0 Å². The van der Waals surface area contributed by atoms with E-state index in [1.54, 1.807) is 0 Å². The fourth-order valence-corrected chi connectivity index (χ4v) is 2.90. The molecule has 3 atom stereocenters. The van der Waals surface area contributed by atoms with Crippen molar-refractivity contribution < 1.29 is 9.53 Å². The summed E-state index contributed by atoms with van der Waals surface area (Å²) in [6.45, 7) is 10.7. The van der Waals surface area contributed by atoms with Crippen LogP contribution >= 0.6 is 0 Å². The standard InChI is InChI=1S/C16H32N2O2/c1-12(2)10-13(3)20-9-7-16(19)18-8-5-6-15(11-18)14(4)17/h12-15H,5-11,17H2,1-4H3. The molecular formula is C16H32N2O2. The number of nitrogens with zero attached hydrogens (tertiary/aromatic N) is 1. The first-order valence-electron chi connectivity index (χ1n) is 8.05. The van der Waals surface area contributed by atoms with E-state index in [-0.39, 0.29) is 18.1 Å². The summed E-state index contributed by atoms with van der Waals surface area (Å²) >= 11 is 0. The van der Waals surface area contributed by atoms with Crippen LogP contribution in [0.4, 0.5) is 0 Å². The van der Waals surface area contributed by atoms with Crippen molar-refractivity contribution in [2.24, 2.45) is 17.6 Å². The van der Waals surface area contributed by atoms with Crippen molar-refractivity contribution in [1.82, 2.24) is 4.90 Å². The van der Waals surface area contributed by atoms with E-state index in [1.807, 2.05) is 11.8 Å². The van der Waals surface area contributed by atoms with E-state index in [9.17, 15) is 4.79 Å². The lowest BCUT2D eigenvalue weighted by molar-refractivity contribution is -0.134. The number of likely N-dealkylation sites (tertiary alicyclic amines) is 1. The fraction of sp³-hybridized carbons (Fsp3) is 0.938. The molecule has 1 heterocycles. The minimum absolute atomic E-state index is 0.174. The molecule has 2 N–H and O–H groups in total. The third kappa shape index (κ3) is 6.23. The van der Waals surface area contributed by atoms with Crippen molar-refractivity contribution in [3.8, 4) is 0 Å². The number of ether oxygens (including phenoxy) is 1. The molecule has 0 spiro atoms. The third-order valence-electron chi connectivity index (χ3n) is 4.08. The minimum Gasteiger partial charge on any atom is -0.378 e. The van der Waals surface area contributed by atoms with Gasteiger partial charge in [0.2, 0.25) is 5.91 Å². The van der Waals surface area contributed by atoms with Gasteiger partial charge in [-0.05, 0) is 44.9 Å². The summed E-state index contributed by atoms with van der Waals surface area (Å²) in [5.41, 5.74) is 5.95. The molecule has 3 unspecified atom stereocenters. The first kappa shape index (κ1) is 17.4. The lowest BCUT2D eigenvalue weighted by Crippen LogP contribution is -2.45. The van der Waals surface area contributed by atoms with Gasteiger partial charge in [0.25, 0.3) is 0 Å². The minimum atomic E-state index is 0.174. The second-order valence-electron chi connectivity index (χ2n) is 6.66. The predicted molar refractivity (Wildman–Crippen MR) is 82.4 cm³/mol. The number of carbonyl (C=O) groups excluding carboxylic acids is 1. The maximum absolute atomic E-state index is 12.2. The highest BCUT2D eigenvalue weighted by molar-refractivity contribution is 5.76. The molecule has 0 bridgehead atoms. The van der Waals surface area contributed by atoms with Gasteiger partial charge in [-0.3, -0.25) is 4.79 Å². The van der Waals surface area contributed by atoms with Gasteiger partial charge in [0, 0.05) is 19.1 Å². The maximum Gasteiger partial charge on any atom is 0.224 e. The highest BCUT2D eigenvalue weighted by Gasteiger charge is 2.25. The molecule has 1 amide bonds. The number of nitrogens with two attached hydrogens (primary N) is 1. The zero-order valence-corrected chi connectivity index (χ0v) is 13.6. The highest BCUT2D eigenvalue weighted by Crippen LogP contribution is 2.19. The molecular weight excluding hydrogens is 252 g/mol. The second-order valence-corrected chi connectivity index (χ2v) is 6.66. The van der Waals surface area contributed by atoms with Gasteiger partial charge in [-0.1, -0.05) is 13.8 Å². The number of amides is 1. The number of hydrogen-bond donors (Lipinski definition) is 1. The van der Waals surface area contributed by atoms with Crippen molar-refractivity contribution in [1.29, 1.82) is 0 Å². The van der Waals surface area contributed by atoms with Gasteiger partial charge in [0.15, 0.2) is 0 Å². The number of rotatable bonds is 7. The third-order valence-corrected chi connectivity index (χ3v) is 4.08. The molecule has 0 aromatic heterocycles. The van der Waals surface area contributed by atoms with Crippen LogP contribution in [0.2, 0.25) is 0 Å². The Morgan fingerprint density at radius 3 is 2.65 bits per heavy atom. The summed E-state index contributed by atoms with van der Waals surface area (Å²) < 4.78 is 5.72. The van der Waals surface area contributed by atoms with Gasteiger partial charge < -0.3 is 15.4 Å². The molecule has 1 aliphatic heterocycles. The van der Waals surface area contributed by atoms with Crippen molar-refractivity contribution in [3.63, 3.8) is 0 Å². The molecule has 0 aliphatic carbocycles. The summed E-state index contributed by atoms with van der Waals surface area (Å²) in [5.74, 6) is 1.30. The summed E-state index contributed by atoms with van der Waals surface area (Å²) in [6.07, 6.45) is 3.99. The number of piperidine rings is 1. The van der Waals surface area contributed by atoms with E-state index >= 15 is 0 Å². The smallest absolute Gasteiger partial charge is 0.224 e. The fourth-order valence-electron chi connectivity index (χ4n) is 2.90. The highest BCUT2D eigenvalue weighted by atomic mass is 16.5. The van der Waals surface area contributed by atoms with Gasteiger partial charge in [0.05, 0.1) is 19.1 Å². The van der Waals surface area contributed by atoms with Gasteiger partial charge in [-0.15, -0.1) is 0 Å². The second kappa shape index (κ2) is 8.63. The van der Waals surface area contributed by atoms with Crippen molar-refractivity contribution in [3.05, 3.63) is 0 Å².